The van der Waals surface area contributed by atoms with Gasteiger partial charge in [0.25, 0.3) is 5.56 Å². The fourth-order valence-electron chi connectivity index (χ4n) is 7.56. The summed E-state index contributed by atoms with van der Waals surface area (Å²) in [5, 5.41) is 0.0116. The third-order valence-corrected chi connectivity index (χ3v) is 16.1. The topological polar surface area (TPSA) is 155 Å². The number of para-hydroxylation sites is 2. The third kappa shape index (κ3) is 11.6. The molecule has 20 heteroatoms. The molecule has 1 unspecified atom stereocenters. The highest BCUT2D eigenvalue weighted by Crippen LogP contribution is 2.67. The van der Waals surface area contributed by atoms with Gasteiger partial charge in [-0.05, 0) is 84.3 Å². The Bertz CT molecular complexity index is 2980. The van der Waals surface area contributed by atoms with Crippen LogP contribution in [0.4, 0.5) is 0 Å². The molecule has 0 amide bonds. The molecule has 2 heterocycles. The molecule has 7 aromatic rings. The van der Waals surface area contributed by atoms with Crippen LogP contribution in [0, 0.1) is 6.92 Å². The highest BCUT2D eigenvalue weighted by Gasteiger charge is 2.49. The molecule has 1 fully saturated rings. The number of halogens is 3. The van der Waals surface area contributed by atoms with E-state index in [4.69, 9.17) is 88.0 Å². The number of ether oxygens (including phenoxy) is 4. The molecule has 358 valence electrons. The molecule has 0 spiro atoms. The van der Waals surface area contributed by atoms with Crippen LogP contribution in [0.5, 0.6) is 28.7 Å². The van der Waals surface area contributed by atoms with Gasteiger partial charge in [-0.15, -0.1) is 0 Å². The second-order valence-corrected chi connectivity index (χ2v) is 21.2. The molecule has 0 radical (unpaired) electrons. The molecule has 1 aliphatic rings. The number of hydrogen-bond acceptors (Lipinski definition) is 13. The Labute approximate surface area is 417 Å². The van der Waals surface area contributed by atoms with E-state index in [0.29, 0.717) is 22.6 Å². The minimum atomic E-state index is -4.91. The van der Waals surface area contributed by atoms with Crippen LogP contribution in [-0.4, -0.2) is 42.6 Å². The smallest absolute Gasteiger partial charge is 0.497 e. The zero-order valence-electron chi connectivity index (χ0n) is 36.9. The van der Waals surface area contributed by atoms with Crippen LogP contribution >= 0.6 is 49.3 Å². The highest BCUT2D eigenvalue weighted by molar-refractivity contribution is 8.09. The molecular weight excluding hydrogens is 1010 g/mol. The van der Waals surface area contributed by atoms with E-state index in [0.717, 1.165) is 5.56 Å². The summed E-state index contributed by atoms with van der Waals surface area (Å²) in [4.78, 5) is 28.4. The van der Waals surface area contributed by atoms with E-state index >= 15 is 4.57 Å². The van der Waals surface area contributed by atoms with E-state index in [1.54, 1.807) is 81.8 Å². The number of hydrogen-bond donors (Lipinski definition) is 1. The molecule has 0 saturated carbocycles. The van der Waals surface area contributed by atoms with Crippen LogP contribution in [0.3, 0.4) is 0 Å². The van der Waals surface area contributed by atoms with Crippen molar-refractivity contribution in [1.29, 1.82) is 0 Å². The maximum Gasteiger partial charge on any atom is 0.595 e. The minimum Gasteiger partial charge on any atom is -0.497 e. The minimum absolute atomic E-state index is 0.0842. The molecule has 0 aliphatic carbocycles. The van der Waals surface area contributed by atoms with Crippen molar-refractivity contribution < 1.29 is 45.9 Å². The lowest BCUT2D eigenvalue weighted by Crippen LogP contribution is -2.38. The van der Waals surface area contributed by atoms with Crippen molar-refractivity contribution in [2.24, 2.45) is 0 Å². The first kappa shape index (κ1) is 50.0. The number of rotatable bonds is 19. The van der Waals surface area contributed by atoms with Crippen LogP contribution in [0.25, 0.3) is 0 Å². The summed E-state index contributed by atoms with van der Waals surface area (Å²) in [5.41, 5.74) is -0.290. The summed E-state index contributed by atoms with van der Waals surface area (Å²) in [6, 6.07) is 43.4. The average molecular weight is 1050 g/mol. The van der Waals surface area contributed by atoms with E-state index in [-0.39, 0.29) is 50.9 Å². The van der Waals surface area contributed by atoms with Gasteiger partial charge in [-0.3, -0.25) is 18.9 Å². The first-order valence-electron chi connectivity index (χ1n) is 21.1. The summed E-state index contributed by atoms with van der Waals surface area (Å²) >= 11 is 25.9. The maximum atomic E-state index is 15.2. The summed E-state index contributed by atoms with van der Waals surface area (Å²) in [6.45, 7) is -3.31. The molecule has 6 aromatic carbocycles. The number of phosphoric ester groups is 1. The van der Waals surface area contributed by atoms with Gasteiger partial charge in [-0.2, -0.15) is 4.31 Å². The number of benzene rings is 6. The van der Waals surface area contributed by atoms with Gasteiger partial charge in [-0.1, -0.05) is 126 Å². The second kappa shape index (κ2) is 21.7. The fraction of sp³-hybridized carbons (Fsp3) is 0.184. The van der Waals surface area contributed by atoms with Crippen molar-refractivity contribution in [3.63, 3.8) is 0 Å². The van der Waals surface area contributed by atoms with Crippen molar-refractivity contribution in [2.75, 3.05) is 20.8 Å². The Morgan fingerprint density at radius 2 is 1.20 bits per heavy atom. The number of nitrogens with one attached hydrogen (secondary N) is 1. The number of H-pyrrole nitrogens is 1. The number of methoxy groups -OCH3 is 2. The third-order valence-electron chi connectivity index (χ3n) is 10.8. The Hall–Kier alpha value is -5.41. The number of aryl methyl sites for hydroxylation is 1. The quantitative estimate of drug-likeness (QED) is 0.0604. The molecule has 14 nitrogen and oxygen atoms in total. The SMILES string of the molecule is COc1ccc(C(OC[C@H]2O[C@@H](n3cc(C)c(=O)[nH]c3=O)C[C@@H]2OP(=S)(Oc2c(Cl)cc(Cl)cc2Cl)OP(=O)(Oc2ccccc2)Oc2ccccc2)(c2ccccc2)c2ccc(OC)cc2)cc1. The summed E-state index contributed by atoms with van der Waals surface area (Å²) < 4.78 is 72.8. The molecule has 1 N–H and O–H groups in total. The first-order valence-corrected chi connectivity index (χ1v) is 26.2. The Morgan fingerprint density at radius 1 is 0.710 bits per heavy atom. The average Bonchev–Trinajstić information content (AvgIpc) is 3.73. The predicted molar refractivity (Wildman–Crippen MR) is 267 cm³/mol. The lowest BCUT2D eigenvalue weighted by Gasteiger charge is -2.37. The van der Waals surface area contributed by atoms with E-state index in [1.807, 2.05) is 78.9 Å². The molecule has 1 saturated heterocycles. The van der Waals surface area contributed by atoms with Gasteiger partial charge in [-0.25, -0.2) is 9.36 Å². The molecule has 1 aliphatic heterocycles. The standard InChI is InChI=1S/C49H43Cl3N2O12P2S/c1-32-30-54(48(56)53-47(32)55)45-29-43(44(61-45)31-60-49(33-13-7-4-8-14-33,34-19-23-37(58-2)24-20-34)35-21-25-38(59-3)26-22-35)64-68(69,65-46-41(51)27-36(50)28-42(46)52)66-67(57,62-39-15-9-5-10-16-39)63-40-17-11-6-12-18-40/h4-28,30,43-45H,29,31H2,1-3H3,(H,53,55,56)/t43-,44+,45+,68?/m0/s1. The van der Waals surface area contributed by atoms with Gasteiger partial charge in [0.1, 0.15) is 47.0 Å². The number of nitrogens with zero attached hydrogens (tertiary/aromatic N) is 1. The van der Waals surface area contributed by atoms with Crippen LogP contribution in [0.15, 0.2) is 167 Å². The normalized spacial score (nSPS) is 16.9. The zero-order chi connectivity index (χ0) is 48.8. The molecule has 1 aromatic heterocycles. The molecular formula is C49H43Cl3N2O12P2S. The van der Waals surface area contributed by atoms with Crippen LogP contribution in [-0.2, 0) is 40.3 Å². The zero-order valence-corrected chi connectivity index (χ0v) is 41.8. The Kier molecular flexibility index (Phi) is 15.7. The Balaban J connectivity index is 1.25. The summed E-state index contributed by atoms with van der Waals surface area (Å²) in [6.07, 6.45) is -2.17. The largest absolute Gasteiger partial charge is 0.595 e. The lowest BCUT2D eigenvalue weighted by atomic mass is 9.80. The van der Waals surface area contributed by atoms with Crippen LogP contribution < -0.4 is 34.3 Å². The van der Waals surface area contributed by atoms with Gasteiger partial charge >= 0.3 is 20.2 Å². The predicted octanol–water partition coefficient (Wildman–Crippen LogP) is 12.1. The Morgan fingerprint density at radius 3 is 1.71 bits per heavy atom. The number of phosphoric acid groups is 1. The van der Waals surface area contributed by atoms with Crippen molar-refractivity contribution in [1.82, 2.24) is 9.55 Å². The van der Waals surface area contributed by atoms with Crippen molar-refractivity contribution in [2.45, 2.75) is 37.4 Å². The van der Waals surface area contributed by atoms with Crippen molar-refractivity contribution in [3.05, 3.63) is 216 Å². The summed E-state index contributed by atoms with van der Waals surface area (Å²) in [5.74, 6) is 1.21. The van der Waals surface area contributed by atoms with Gasteiger partial charge in [0.05, 0.1) is 30.9 Å². The molecule has 69 heavy (non-hydrogen) atoms. The van der Waals surface area contributed by atoms with Crippen LogP contribution in [0.1, 0.15) is 34.9 Å². The second-order valence-electron chi connectivity index (χ2n) is 15.4. The van der Waals surface area contributed by atoms with Crippen molar-refractivity contribution >= 4 is 61.2 Å². The number of aromatic amines is 1. The molecule has 0 bridgehead atoms. The molecule has 8 rings (SSSR count). The van der Waals surface area contributed by atoms with Gasteiger partial charge in [0.2, 0.25) is 0 Å². The lowest BCUT2D eigenvalue weighted by molar-refractivity contribution is -0.0922. The fourth-order valence-corrected chi connectivity index (χ4v) is 13.2. The van der Waals surface area contributed by atoms with Crippen molar-refractivity contribution in [3.8, 4) is 28.7 Å². The number of aromatic nitrogens is 2. The molecule has 4 atom stereocenters. The highest BCUT2D eigenvalue weighted by atomic mass is 35.5. The monoisotopic (exact) mass is 1050 g/mol. The maximum absolute atomic E-state index is 15.2. The van der Waals surface area contributed by atoms with Gasteiger partial charge in [0.15, 0.2) is 5.75 Å². The van der Waals surface area contributed by atoms with Crippen LogP contribution in [0.2, 0.25) is 15.1 Å². The van der Waals surface area contributed by atoms with E-state index in [9.17, 15) is 9.59 Å². The van der Waals surface area contributed by atoms with E-state index < -0.39 is 49.8 Å². The van der Waals surface area contributed by atoms with E-state index in [2.05, 4.69) is 4.98 Å². The van der Waals surface area contributed by atoms with Gasteiger partial charge in [0, 0.05) is 35.0 Å². The first-order chi connectivity index (χ1) is 33.2. The van der Waals surface area contributed by atoms with E-state index in [1.165, 1.54) is 22.9 Å². The van der Waals surface area contributed by atoms with Gasteiger partial charge < -0.3 is 32.5 Å². The summed E-state index contributed by atoms with van der Waals surface area (Å²) in [7, 11) is -1.76.